The van der Waals surface area contributed by atoms with Crippen LogP contribution in [0.5, 0.6) is 5.75 Å². The summed E-state index contributed by atoms with van der Waals surface area (Å²) >= 11 is 12.0. The highest BCUT2D eigenvalue weighted by atomic mass is 35.5. The molecule has 0 aromatic heterocycles. The van der Waals surface area contributed by atoms with E-state index in [0.29, 0.717) is 16.7 Å². The summed E-state index contributed by atoms with van der Waals surface area (Å²) in [5.74, 6) is 0.638. The maximum absolute atomic E-state index is 11.7. The van der Waals surface area contributed by atoms with Gasteiger partial charge in [0, 0.05) is 27.7 Å². The number of rotatable bonds is 7. The highest BCUT2D eigenvalue weighted by Crippen LogP contribution is 2.23. The number of hydrogen-bond acceptors (Lipinski definition) is 2. The van der Waals surface area contributed by atoms with Gasteiger partial charge in [-0.15, -0.1) is 0 Å². The number of amides is 1. The summed E-state index contributed by atoms with van der Waals surface area (Å²) < 4.78 is 5.73. The van der Waals surface area contributed by atoms with Gasteiger partial charge in [-0.05, 0) is 49.2 Å². The number of halogens is 2. The van der Waals surface area contributed by atoms with Crippen molar-refractivity contribution in [2.75, 3.05) is 0 Å². The van der Waals surface area contributed by atoms with Gasteiger partial charge in [0.05, 0.1) is 0 Å². The third-order valence-electron chi connectivity index (χ3n) is 3.72. The average Bonchev–Trinajstić information content (AvgIpc) is 2.60. The lowest BCUT2D eigenvalue weighted by Gasteiger charge is -2.09. The predicted molar refractivity (Wildman–Crippen MR) is 104 cm³/mol. The van der Waals surface area contributed by atoms with Crippen LogP contribution in [-0.4, -0.2) is 11.9 Å². The number of carbonyl (C=O) groups excluding carboxylic acids is 1. The van der Waals surface area contributed by atoms with E-state index in [1.165, 1.54) is 6.08 Å². The van der Waals surface area contributed by atoms with Gasteiger partial charge >= 0.3 is 0 Å². The van der Waals surface area contributed by atoms with Crippen molar-refractivity contribution in [3.05, 3.63) is 69.7 Å². The molecule has 2 rings (SSSR count). The first-order valence-electron chi connectivity index (χ1n) is 8.13. The first-order valence-corrected chi connectivity index (χ1v) is 8.89. The SMILES string of the molecule is CC[C@@H](C)NC(=O)/C=C/c1ccc(OCc2ccc(Cl)cc2Cl)cc1. The highest BCUT2D eigenvalue weighted by molar-refractivity contribution is 6.35. The minimum absolute atomic E-state index is 0.0907. The van der Waals surface area contributed by atoms with Crippen molar-refractivity contribution in [1.82, 2.24) is 5.32 Å². The molecular formula is C20H21Cl2NO2. The Kier molecular flexibility index (Phi) is 7.35. The van der Waals surface area contributed by atoms with Crippen LogP contribution in [0.3, 0.4) is 0 Å². The second kappa shape index (κ2) is 9.50. The Morgan fingerprint density at radius 1 is 1.20 bits per heavy atom. The zero-order valence-electron chi connectivity index (χ0n) is 14.3. The molecule has 1 amide bonds. The lowest BCUT2D eigenvalue weighted by Crippen LogP contribution is -2.30. The van der Waals surface area contributed by atoms with Crippen LogP contribution in [0.25, 0.3) is 6.08 Å². The molecule has 3 nitrogen and oxygen atoms in total. The van der Waals surface area contributed by atoms with E-state index in [1.807, 2.05) is 44.2 Å². The van der Waals surface area contributed by atoms with Crippen molar-refractivity contribution >= 4 is 35.2 Å². The Morgan fingerprint density at radius 3 is 2.56 bits per heavy atom. The Balaban J connectivity index is 1.90. The fourth-order valence-electron chi connectivity index (χ4n) is 2.04. The van der Waals surface area contributed by atoms with Gasteiger partial charge in [-0.3, -0.25) is 4.79 Å². The summed E-state index contributed by atoms with van der Waals surface area (Å²) in [7, 11) is 0. The molecule has 0 saturated carbocycles. The standard InChI is InChI=1S/C20H21Cl2NO2/c1-3-14(2)23-20(24)11-6-15-4-9-18(10-5-15)25-13-16-7-8-17(21)12-19(16)22/h4-12,14H,3,13H2,1-2H3,(H,23,24)/b11-6+/t14-/m1/s1. The van der Waals surface area contributed by atoms with Crippen LogP contribution >= 0.6 is 23.2 Å². The minimum atomic E-state index is -0.0907. The molecule has 2 aromatic carbocycles. The largest absolute Gasteiger partial charge is 0.489 e. The maximum Gasteiger partial charge on any atom is 0.244 e. The zero-order chi connectivity index (χ0) is 18.2. The zero-order valence-corrected chi connectivity index (χ0v) is 15.8. The number of nitrogens with one attached hydrogen (secondary N) is 1. The van der Waals surface area contributed by atoms with Crippen molar-refractivity contribution in [3.63, 3.8) is 0 Å². The average molecular weight is 378 g/mol. The van der Waals surface area contributed by atoms with Crippen LogP contribution in [0.1, 0.15) is 31.4 Å². The van der Waals surface area contributed by atoms with Crippen LogP contribution in [0, 0.1) is 0 Å². The fourth-order valence-corrected chi connectivity index (χ4v) is 2.50. The van der Waals surface area contributed by atoms with Crippen molar-refractivity contribution in [2.24, 2.45) is 0 Å². The van der Waals surface area contributed by atoms with E-state index in [2.05, 4.69) is 5.32 Å². The molecule has 0 spiro atoms. The molecule has 0 fully saturated rings. The van der Waals surface area contributed by atoms with E-state index in [1.54, 1.807) is 18.2 Å². The van der Waals surface area contributed by atoms with Crippen LogP contribution < -0.4 is 10.1 Å². The van der Waals surface area contributed by atoms with Crippen LogP contribution in [0.4, 0.5) is 0 Å². The highest BCUT2D eigenvalue weighted by Gasteiger charge is 2.03. The smallest absolute Gasteiger partial charge is 0.244 e. The summed E-state index contributed by atoms with van der Waals surface area (Å²) in [5.41, 5.74) is 1.80. The van der Waals surface area contributed by atoms with Gasteiger partial charge in [0.15, 0.2) is 0 Å². The first-order chi connectivity index (χ1) is 12.0. The second-order valence-corrected chi connectivity index (χ2v) is 6.59. The molecule has 0 aliphatic rings. The number of benzene rings is 2. The van der Waals surface area contributed by atoms with Crippen molar-refractivity contribution in [1.29, 1.82) is 0 Å². The molecule has 25 heavy (non-hydrogen) atoms. The molecular weight excluding hydrogens is 357 g/mol. The van der Waals surface area contributed by atoms with Gasteiger partial charge in [-0.1, -0.05) is 48.3 Å². The van der Waals surface area contributed by atoms with Gasteiger partial charge < -0.3 is 10.1 Å². The fraction of sp³-hybridized carbons (Fsp3) is 0.250. The molecule has 0 saturated heterocycles. The molecule has 0 bridgehead atoms. The number of carbonyl (C=O) groups is 1. The van der Waals surface area contributed by atoms with E-state index in [4.69, 9.17) is 27.9 Å². The van der Waals surface area contributed by atoms with E-state index in [9.17, 15) is 4.79 Å². The molecule has 0 aliphatic carbocycles. The summed E-state index contributed by atoms with van der Waals surface area (Å²) in [6.45, 7) is 4.37. The molecule has 1 N–H and O–H groups in total. The minimum Gasteiger partial charge on any atom is -0.489 e. The molecule has 1 atom stereocenters. The van der Waals surface area contributed by atoms with Crippen molar-refractivity contribution in [2.45, 2.75) is 32.9 Å². The van der Waals surface area contributed by atoms with Crippen LogP contribution in [0.2, 0.25) is 10.0 Å². The quantitative estimate of drug-likeness (QED) is 0.646. The van der Waals surface area contributed by atoms with E-state index in [-0.39, 0.29) is 11.9 Å². The molecule has 132 valence electrons. The number of ether oxygens (including phenoxy) is 1. The molecule has 0 aliphatic heterocycles. The monoisotopic (exact) mass is 377 g/mol. The summed E-state index contributed by atoms with van der Waals surface area (Å²) in [4.78, 5) is 11.7. The Hall–Kier alpha value is -1.97. The summed E-state index contributed by atoms with van der Waals surface area (Å²) in [6.07, 6.45) is 4.22. The number of hydrogen-bond donors (Lipinski definition) is 1. The second-order valence-electron chi connectivity index (χ2n) is 5.74. The van der Waals surface area contributed by atoms with E-state index in [0.717, 1.165) is 23.3 Å². The van der Waals surface area contributed by atoms with Gasteiger partial charge in [0.25, 0.3) is 0 Å². The topological polar surface area (TPSA) is 38.3 Å². The van der Waals surface area contributed by atoms with Gasteiger partial charge in [0.1, 0.15) is 12.4 Å². The third kappa shape index (κ3) is 6.45. The summed E-state index contributed by atoms with van der Waals surface area (Å²) in [6, 6.07) is 13.0. The molecule has 0 radical (unpaired) electrons. The van der Waals surface area contributed by atoms with E-state index < -0.39 is 0 Å². The van der Waals surface area contributed by atoms with Crippen molar-refractivity contribution in [3.8, 4) is 5.75 Å². The third-order valence-corrected chi connectivity index (χ3v) is 4.30. The molecule has 5 heteroatoms. The molecule has 2 aromatic rings. The van der Waals surface area contributed by atoms with Crippen LogP contribution in [0.15, 0.2) is 48.5 Å². The Bertz CT molecular complexity index is 742. The lowest BCUT2D eigenvalue weighted by molar-refractivity contribution is -0.117. The Morgan fingerprint density at radius 2 is 1.92 bits per heavy atom. The Labute approximate surface area is 158 Å². The summed E-state index contributed by atoms with van der Waals surface area (Å²) in [5, 5.41) is 4.07. The maximum atomic E-state index is 11.7. The molecule has 0 unspecified atom stereocenters. The van der Waals surface area contributed by atoms with Gasteiger partial charge in [-0.2, -0.15) is 0 Å². The van der Waals surface area contributed by atoms with Crippen molar-refractivity contribution < 1.29 is 9.53 Å². The lowest BCUT2D eigenvalue weighted by atomic mass is 10.2. The molecule has 0 heterocycles. The van der Waals surface area contributed by atoms with Gasteiger partial charge in [-0.25, -0.2) is 0 Å². The van der Waals surface area contributed by atoms with Gasteiger partial charge in [0.2, 0.25) is 5.91 Å². The van der Waals surface area contributed by atoms with Crippen LogP contribution in [-0.2, 0) is 11.4 Å². The first kappa shape index (κ1) is 19.4. The normalized spacial score (nSPS) is 12.2. The predicted octanol–water partition coefficient (Wildman–Crippen LogP) is 5.50. The van der Waals surface area contributed by atoms with E-state index >= 15 is 0 Å².